The van der Waals surface area contributed by atoms with Crippen molar-refractivity contribution >= 4 is 23.2 Å². The number of carbonyl (C=O) groups is 2. The topological polar surface area (TPSA) is 84.2 Å². The highest BCUT2D eigenvalue weighted by Gasteiger charge is 2.21. The zero-order valence-electron chi connectivity index (χ0n) is 12.5. The Kier molecular flexibility index (Phi) is 5.27. The van der Waals surface area contributed by atoms with Crippen LogP contribution in [0.25, 0.3) is 0 Å². The number of hydrogen-bond acceptors (Lipinski definition) is 3. The van der Waals surface area contributed by atoms with Gasteiger partial charge in [0.25, 0.3) is 0 Å². The summed E-state index contributed by atoms with van der Waals surface area (Å²) in [5.74, 6) is -0.389. The predicted octanol–water partition coefficient (Wildman–Crippen LogP) is 2.20. The fraction of sp³-hybridized carbons (Fsp3) is 0.467. The van der Waals surface area contributed by atoms with Crippen molar-refractivity contribution < 1.29 is 9.59 Å². The number of nitrogens with two attached hydrogens (primary N) is 1. The zero-order valence-corrected chi connectivity index (χ0v) is 12.5. The highest BCUT2D eigenvalue weighted by Crippen LogP contribution is 2.19. The fourth-order valence-electron chi connectivity index (χ4n) is 1.33. The van der Waals surface area contributed by atoms with Crippen LogP contribution in [-0.4, -0.2) is 18.4 Å². The standard InChI is InChI=1S/C15H23N3O2/c1-10(9-16)13(19)17-11-5-7-12(8-6-11)18-14(20)15(2,3)4/h5-8,10H,9,16H2,1-4H3,(H,17,19)(H,18,20). The van der Waals surface area contributed by atoms with Crippen LogP contribution in [0.15, 0.2) is 24.3 Å². The Hall–Kier alpha value is -1.88. The molecule has 1 atom stereocenters. The van der Waals surface area contributed by atoms with Gasteiger partial charge in [-0.1, -0.05) is 27.7 Å². The van der Waals surface area contributed by atoms with E-state index in [1.165, 1.54) is 0 Å². The van der Waals surface area contributed by atoms with Gasteiger partial charge in [0.05, 0.1) is 0 Å². The largest absolute Gasteiger partial charge is 0.330 e. The number of amides is 2. The van der Waals surface area contributed by atoms with Crippen LogP contribution in [-0.2, 0) is 9.59 Å². The number of hydrogen-bond donors (Lipinski definition) is 3. The molecule has 1 rings (SSSR count). The van der Waals surface area contributed by atoms with Gasteiger partial charge in [-0.2, -0.15) is 0 Å². The van der Waals surface area contributed by atoms with Crippen LogP contribution in [0.1, 0.15) is 27.7 Å². The zero-order chi connectivity index (χ0) is 15.3. The number of nitrogens with one attached hydrogen (secondary N) is 2. The maximum absolute atomic E-state index is 11.8. The Morgan fingerprint density at radius 3 is 1.95 bits per heavy atom. The second-order valence-electron chi connectivity index (χ2n) is 5.91. The Bertz CT molecular complexity index is 475. The minimum atomic E-state index is -0.441. The van der Waals surface area contributed by atoms with Crippen molar-refractivity contribution in [2.75, 3.05) is 17.2 Å². The lowest BCUT2D eigenvalue weighted by Crippen LogP contribution is -2.27. The molecule has 0 radical (unpaired) electrons. The molecule has 0 aliphatic heterocycles. The molecule has 2 amide bonds. The SMILES string of the molecule is CC(CN)C(=O)Nc1ccc(NC(=O)C(C)(C)C)cc1. The molecule has 110 valence electrons. The van der Waals surface area contributed by atoms with Crippen molar-refractivity contribution in [2.24, 2.45) is 17.1 Å². The van der Waals surface area contributed by atoms with Crippen molar-refractivity contribution in [1.29, 1.82) is 0 Å². The summed E-state index contributed by atoms with van der Waals surface area (Å²) in [6.07, 6.45) is 0. The average Bonchev–Trinajstić information content (AvgIpc) is 2.38. The van der Waals surface area contributed by atoms with E-state index in [0.29, 0.717) is 17.9 Å². The van der Waals surface area contributed by atoms with E-state index in [-0.39, 0.29) is 17.7 Å². The quantitative estimate of drug-likeness (QED) is 0.789. The first kappa shape index (κ1) is 16.2. The number of anilines is 2. The van der Waals surface area contributed by atoms with Crippen LogP contribution in [0.3, 0.4) is 0 Å². The molecule has 1 aromatic carbocycles. The van der Waals surface area contributed by atoms with Crippen LogP contribution >= 0.6 is 0 Å². The molecule has 4 N–H and O–H groups in total. The normalized spacial score (nSPS) is 12.7. The summed E-state index contributed by atoms with van der Waals surface area (Å²) >= 11 is 0. The molecule has 0 aromatic heterocycles. The lowest BCUT2D eigenvalue weighted by molar-refractivity contribution is -0.123. The molecule has 20 heavy (non-hydrogen) atoms. The predicted molar refractivity (Wildman–Crippen MR) is 81.4 cm³/mol. The van der Waals surface area contributed by atoms with Gasteiger partial charge in [0.15, 0.2) is 0 Å². The highest BCUT2D eigenvalue weighted by atomic mass is 16.2. The van der Waals surface area contributed by atoms with Gasteiger partial charge in [-0.3, -0.25) is 9.59 Å². The summed E-state index contributed by atoms with van der Waals surface area (Å²) in [7, 11) is 0. The molecular formula is C15H23N3O2. The lowest BCUT2D eigenvalue weighted by atomic mass is 9.95. The molecule has 0 aliphatic rings. The third-order valence-corrected chi connectivity index (χ3v) is 2.89. The molecule has 5 nitrogen and oxygen atoms in total. The molecule has 0 aliphatic carbocycles. The van der Waals surface area contributed by atoms with Crippen molar-refractivity contribution in [3.63, 3.8) is 0 Å². The van der Waals surface area contributed by atoms with Gasteiger partial charge in [-0.15, -0.1) is 0 Å². The van der Waals surface area contributed by atoms with E-state index in [1.54, 1.807) is 31.2 Å². The summed E-state index contributed by atoms with van der Waals surface area (Å²) < 4.78 is 0. The van der Waals surface area contributed by atoms with Gasteiger partial charge in [0.2, 0.25) is 11.8 Å². The second-order valence-corrected chi connectivity index (χ2v) is 5.91. The number of carbonyl (C=O) groups excluding carboxylic acids is 2. The molecule has 0 bridgehead atoms. The average molecular weight is 277 g/mol. The van der Waals surface area contributed by atoms with Crippen LogP contribution in [0.5, 0.6) is 0 Å². The van der Waals surface area contributed by atoms with E-state index in [0.717, 1.165) is 0 Å². The summed E-state index contributed by atoms with van der Waals surface area (Å²) in [5, 5.41) is 5.60. The molecule has 1 unspecified atom stereocenters. The molecule has 0 saturated heterocycles. The van der Waals surface area contributed by atoms with Gasteiger partial charge < -0.3 is 16.4 Å². The Labute approximate surface area is 119 Å². The molecule has 5 heteroatoms. The van der Waals surface area contributed by atoms with E-state index in [1.807, 2.05) is 20.8 Å². The molecule has 0 spiro atoms. The third kappa shape index (κ3) is 4.66. The van der Waals surface area contributed by atoms with E-state index in [9.17, 15) is 9.59 Å². The minimum absolute atomic E-state index is 0.0500. The Morgan fingerprint density at radius 2 is 1.55 bits per heavy atom. The molecule has 1 aromatic rings. The highest BCUT2D eigenvalue weighted by molar-refractivity contribution is 5.95. The summed E-state index contributed by atoms with van der Waals surface area (Å²) in [4.78, 5) is 23.5. The van der Waals surface area contributed by atoms with Crippen LogP contribution in [0.4, 0.5) is 11.4 Å². The molecule has 0 heterocycles. The van der Waals surface area contributed by atoms with Gasteiger partial charge in [0, 0.05) is 29.3 Å². The number of benzene rings is 1. The van der Waals surface area contributed by atoms with Gasteiger partial charge in [0.1, 0.15) is 0 Å². The van der Waals surface area contributed by atoms with E-state index in [2.05, 4.69) is 10.6 Å². The Balaban J connectivity index is 2.65. The second kappa shape index (κ2) is 6.52. The first-order valence-corrected chi connectivity index (χ1v) is 6.66. The summed E-state index contributed by atoms with van der Waals surface area (Å²) in [5.41, 5.74) is 6.38. The van der Waals surface area contributed by atoms with Crippen molar-refractivity contribution in [3.8, 4) is 0 Å². The first-order valence-electron chi connectivity index (χ1n) is 6.66. The van der Waals surface area contributed by atoms with Crippen LogP contribution < -0.4 is 16.4 Å². The smallest absolute Gasteiger partial charge is 0.229 e. The maximum atomic E-state index is 11.8. The van der Waals surface area contributed by atoms with Gasteiger partial charge in [-0.25, -0.2) is 0 Å². The lowest BCUT2D eigenvalue weighted by Gasteiger charge is -2.18. The maximum Gasteiger partial charge on any atom is 0.229 e. The molecule has 0 fully saturated rings. The van der Waals surface area contributed by atoms with Crippen LogP contribution in [0, 0.1) is 11.3 Å². The van der Waals surface area contributed by atoms with Crippen molar-refractivity contribution in [3.05, 3.63) is 24.3 Å². The van der Waals surface area contributed by atoms with Crippen molar-refractivity contribution in [2.45, 2.75) is 27.7 Å². The monoisotopic (exact) mass is 277 g/mol. The summed E-state index contributed by atoms with van der Waals surface area (Å²) in [6, 6.07) is 7.01. The van der Waals surface area contributed by atoms with E-state index in [4.69, 9.17) is 5.73 Å². The fourth-order valence-corrected chi connectivity index (χ4v) is 1.33. The van der Waals surface area contributed by atoms with Gasteiger partial charge in [-0.05, 0) is 24.3 Å². The van der Waals surface area contributed by atoms with Crippen molar-refractivity contribution in [1.82, 2.24) is 0 Å². The third-order valence-electron chi connectivity index (χ3n) is 2.89. The first-order chi connectivity index (χ1) is 9.24. The Morgan fingerprint density at radius 1 is 1.10 bits per heavy atom. The van der Waals surface area contributed by atoms with E-state index >= 15 is 0 Å². The van der Waals surface area contributed by atoms with Gasteiger partial charge >= 0.3 is 0 Å². The molecule has 0 saturated carbocycles. The summed E-state index contributed by atoms with van der Waals surface area (Å²) in [6.45, 7) is 7.64. The van der Waals surface area contributed by atoms with Crippen LogP contribution in [0.2, 0.25) is 0 Å². The molecular weight excluding hydrogens is 254 g/mol. The van der Waals surface area contributed by atoms with E-state index < -0.39 is 5.41 Å². The minimum Gasteiger partial charge on any atom is -0.330 e. The number of rotatable bonds is 4.